The van der Waals surface area contributed by atoms with Crippen LogP contribution < -0.4 is 5.32 Å². The topological polar surface area (TPSA) is 52.0 Å². The molecule has 2 aromatic heterocycles. The summed E-state index contributed by atoms with van der Waals surface area (Å²) in [7, 11) is 0. The maximum absolute atomic E-state index is 5.54. The zero-order valence-corrected chi connectivity index (χ0v) is 11.1. The fraction of sp³-hybridized carbons (Fsp3) is 0.571. The van der Waals surface area contributed by atoms with E-state index in [9.17, 15) is 0 Å². The number of fused-ring (bicyclic) bond motifs is 3. The van der Waals surface area contributed by atoms with Crippen molar-refractivity contribution in [1.29, 1.82) is 0 Å². The Hall–Kier alpha value is -1.62. The molecule has 0 aromatic carbocycles. The molecule has 4 heterocycles. The lowest BCUT2D eigenvalue weighted by Gasteiger charge is -2.29. The van der Waals surface area contributed by atoms with E-state index in [0.29, 0.717) is 12.0 Å². The van der Waals surface area contributed by atoms with Crippen molar-refractivity contribution in [3.8, 4) is 0 Å². The molecule has 19 heavy (non-hydrogen) atoms. The van der Waals surface area contributed by atoms with Crippen LogP contribution in [0.5, 0.6) is 0 Å². The van der Waals surface area contributed by atoms with Crippen molar-refractivity contribution in [2.75, 3.05) is 25.1 Å². The second kappa shape index (κ2) is 4.20. The summed E-state index contributed by atoms with van der Waals surface area (Å²) in [5.74, 6) is 1.72. The van der Waals surface area contributed by atoms with Crippen molar-refractivity contribution < 1.29 is 4.74 Å². The average molecular weight is 258 g/mol. The lowest BCUT2D eigenvalue weighted by Crippen LogP contribution is -2.29. The van der Waals surface area contributed by atoms with Crippen LogP contribution >= 0.6 is 0 Å². The maximum Gasteiger partial charge on any atom is 0.183 e. The Morgan fingerprint density at radius 2 is 2.32 bits per heavy atom. The Balaban J connectivity index is 1.83. The van der Waals surface area contributed by atoms with Gasteiger partial charge in [0.15, 0.2) is 5.65 Å². The van der Waals surface area contributed by atoms with Gasteiger partial charge in [-0.15, -0.1) is 0 Å². The van der Waals surface area contributed by atoms with Gasteiger partial charge in [-0.05, 0) is 31.9 Å². The van der Waals surface area contributed by atoms with Crippen LogP contribution in [0.15, 0.2) is 12.1 Å². The normalized spacial score (nSPS) is 26.4. The minimum Gasteiger partial charge on any atom is -0.381 e. The molecule has 100 valence electrons. The number of nitrogens with zero attached hydrogens (tertiary/aromatic N) is 3. The Labute approximate surface area is 112 Å². The van der Waals surface area contributed by atoms with Gasteiger partial charge in [0.1, 0.15) is 5.82 Å². The predicted molar refractivity (Wildman–Crippen MR) is 73.3 cm³/mol. The SMILES string of the molecule is Cc1ccc2c3n(nc2n1)C(C1CCOC1)CCN3. The second-order valence-electron chi connectivity index (χ2n) is 5.52. The molecule has 1 saturated heterocycles. The van der Waals surface area contributed by atoms with Gasteiger partial charge in [0, 0.05) is 24.8 Å². The van der Waals surface area contributed by atoms with Crippen LogP contribution in [0.25, 0.3) is 11.0 Å². The number of anilines is 1. The molecule has 1 fully saturated rings. The van der Waals surface area contributed by atoms with Gasteiger partial charge in [-0.2, -0.15) is 5.10 Å². The molecule has 5 nitrogen and oxygen atoms in total. The third-order valence-electron chi connectivity index (χ3n) is 4.26. The highest BCUT2D eigenvalue weighted by atomic mass is 16.5. The van der Waals surface area contributed by atoms with Gasteiger partial charge in [0.05, 0.1) is 18.0 Å². The van der Waals surface area contributed by atoms with Crippen LogP contribution in [0.4, 0.5) is 5.82 Å². The number of aryl methyl sites for hydroxylation is 1. The van der Waals surface area contributed by atoms with Crippen LogP contribution in [0, 0.1) is 12.8 Å². The Morgan fingerprint density at radius 3 is 3.16 bits per heavy atom. The first-order valence-electron chi connectivity index (χ1n) is 7.00. The van der Waals surface area contributed by atoms with Crippen LogP contribution in [0.3, 0.4) is 0 Å². The van der Waals surface area contributed by atoms with Crippen molar-refractivity contribution in [1.82, 2.24) is 14.8 Å². The van der Waals surface area contributed by atoms with Gasteiger partial charge in [-0.1, -0.05) is 0 Å². The molecule has 0 saturated carbocycles. The van der Waals surface area contributed by atoms with Crippen LogP contribution in [0.2, 0.25) is 0 Å². The van der Waals surface area contributed by atoms with E-state index in [4.69, 9.17) is 9.84 Å². The fourth-order valence-electron chi connectivity index (χ4n) is 3.25. The summed E-state index contributed by atoms with van der Waals surface area (Å²) in [6.07, 6.45) is 2.26. The minimum atomic E-state index is 0.452. The highest BCUT2D eigenvalue weighted by molar-refractivity contribution is 5.87. The molecule has 0 aliphatic carbocycles. The predicted octanol–water partition coefficient (Wildman–Crippen LogP) is 2.13. The summed E-state index contributed by atoms with van der Waals surface area (Å²) >= 11 is 0. The van der Waals surface area contributed by atoms with E-state index in [1.807, 2.05) is 6.92 Å². The lowest BCUT2D eigenvalue weighted by atomic mass is 9.95. The smallest absolute Gasteiger partial charge is 0.183 e. The highest BCUT2D eigenvalue weighted by Crippen LogP contribution is 2.36. The molecular weight excluding hydrogens is 240 g/mol. The van der Waals surface area contributed by atoms with E-state index in [0.717, 1.165) is 55.1 Å². The van der Waals surface area contributed by atoms with Crippen LogP contribution in [-0.4, -0.2) is 34.5 Å². The number of pyridine rings is 1. The molecule has 0 spiro atoms. The first-order valence-corrected chi connectivity index (χ1v) is 7.00. The van der Waals surface area contributed by atoms with Gasteiger partial charge in [-0.25, -0.2) is 9.67 Å². The van der Waals surface area contributed by atoms with E-state index in [-0.39, 0.29) is 0 Å². The number of ether oxygens (including phenoxy) is 1. The number of aromatic nitrogens is 3. The molecule has 2 aliphatic rings. The Morgan fingerprint density at radius 1 is 1.37 bits per heavy atom. The van der Waals surface area contributed by atoms with E-state index in [1.165, 1.54) is 0 Å². The quantitative estimate of drug-likeness (QED) is 0.851. The molecule has 0 bridgehead atoms. The zero-order valence-electron chi connectivity index (χ0n) is 11.1. The molecule has 4 rings (SSSR count). The number of hydrogen-bond donors (Lipinski definition) is 1. The first kappa shape index (κ1) is 11.2. The van der Waals surface area contributed by atoms with Gasteiger partial charge in [0.2, 0.25) is 0 Å². The Bertz CT molecular complexity index is 615. The van der Waals surface area contributed by atoms with Gasteiger partial charge in [0.25, 0.3) is 0 Å². The van der Waals surface area contributed by atoms with E-state index >= 15 is 0 Å². The molecule has 5 heteroatoms. The molecule has 2 unspecified atom stereocenters. The average Bonchev–Trinajstić information content (AvgIpc) is 3.04. The molecular formula is C14H18N4O. The van der Waals surface area contributed by atoms with Crippen LogP contribution in [0.1, 0.15) is 24.6 Å². The summed E-state index contributed by atoms with van der Waals surface area (Å²) in [5, 5.41) is 9.34. The Kier molecular flexibility index (Phi) is 2.48. The summed E-state index contributed by atoms with van der Waals surface area (Å²) in [6.45, 7) is 4.78. The summed E-state index contributed by atoms with van der Waals surface area (Å²) in [4.78, 5) is 4.54. The molecule has 1 N–H and O–H groups in total. The molecule has 2 aliphatic heterocycles. The minimum absolute atomic E-state index is 0.452. The van der Waals surface area contributed by atoms with Crippen LogP contribution in [-0.2, 0) is 4.74 Å². The molecule has 2 atom stereocenters. The molecule has 0 radical (unpaired) electrons. The van der Waals surface area contributed by atoms with Crippen molar-refractivity contribution >= 4 is 16.9 Å². The van der Waals surface area contributed by atoms with Gasteiger partial charge < -0.3 is 10.1 Å². The second-order valence-corrected chi connectivity index (χ2v) is 5.52. The number of rotatable bonds is 1. The maximum atomic E-state index is 5.54. The summed E-state index contributed by atoms with van der Waals surface area (Å²) in [6, 6.07) is 4.62. The van der Waals surface area contributed by atoms with Crippen molar-refractivity contribution in [2.45, 2.75) is 25.8 Å². The van der Waals surface area contributed by atoms with Crippen molar-refractivity contribution in [2.24, 2.45) is 5.92 Å². The highest BCUT2D eigenvalue weighted by Gasteiger charge is 2.32. The summed E-state index contributed by atoms with van der Waals surface area (Å²) in [5.41, 5.74) is 1.87. The van der Waals surface area contributed by atoms with Gasteiger partial charge >= 0.3 is 0 Å². The zero-order chi connectivity index (χ0) is 12.8. The van der Waals surface area contributed by atoms with Gasteiger partial charge in [-0.3, -0.25) is 0 Å². The largest absolute Gasteiger partial charge is 0.381 e. The number of nitrogens with one attached hydrogen (secondary N) is 1. The summed E-state index contributed by atoms with van der Waals surface area (Å²) < 4.78 is 7.69. The van der Waals surface area contributed by atoms with E-state index < -0.39 is 0 Å². The third-order valence-corrected chi connectivity index (χ3v) is 4.26. The fourth-order valence-corrected chi connectivity index (χ4v) is 3.25. The standard InChI is InChI=1S/C14H18N4O/c1-9-2-3-11-13(16-9)17-18-12(4-6-15-14(11)18)10-5-7-19-8-10/h2-3,10,12,15H,4-8H2,1H3. The van der Waals surface area contributed by atoms with Crippen molar-refractivity contribution in [3.63, 3.8) is 0 Å². The molecule has 2 aromatic rings. The lowest BCUT2D eigenvalue weighted by molar-refractivity contribution is 0.167. The monoisotopic (exact) mass is 258 g/mol. The van der Waals surface area contributed by atoms with Crippen molar-refractivity contribution in [3.05, 3.63) is 17.8 Å². The number of hydrogen-bond acceptors (Lipinski definition) is 4. The molecule has 0 amide bonds. The first-order chi connectivity index (χ1) is 9.33. The van der Waals surface area contributed by atoms with E-state index in [1.54, 1.807) is 0 Å². The third kappa shape index (κ3) is 1.72. The van der Waals surface area contributed by atoms with E-state index in [2.05, 4.69) is 27.1 Å².